The molecule has 1 rings (SSSR count). The van der Waals surface area contributed by atoms with Crippen LogP contribution in [-0.2, 0) is 0 Å². The first-order valence-electron chi connectivity index (χ1n) is 7.78. The summed E-state index contributed by atoms with van der Waals surface area (Å²) in [6.45, 7) is 9.29. The number of hydrogen-bond donors (Lipinski definition) is 2. The third kappa shape index (κ3) is 6.57. The summed E-state index contributed by atoms with van der Waals surface area (Å²) in [5.74, 6) is 0. The highest BCUT2D eigenvalue weighted by Crippen LogP contribution is 2.12. The molecule has 0 aromatic carbocycles. The first-order valence-corrected chi connectivity index (χ1v) is 7.78. The molecule has 1 heterocycles. The maximum Gasteiger partial charge on any atom is 0.317 e. The summed E-state index contributed by atoms with van der Waals surface area (Å²) in [7, 11) is 1.73. The van der Waals surface area contributed by atoms with Crippen LogP contribution in [0.2, 0.25) is 0 Å². The highest BCUT2D eigenvalue weighted by molar-refractivity contribution is 5.74. The van der Waals surface area contributed by atoms with Gasteiger partial charge in [-0.05, 0) is 39.7 Å². The Hall–Kier alpha value is -0.810. The first-order chi connectivity index (χ1) is 9.31. The minimum Gasteiger partial charge on any atom is -0.389 e. The van der Waals surface area contributed by atoms with E-state index in [1.54, 1.807) is 25.8 Å². The van der Waals surface area contributed by atoms with Crippen LogP contribution in [0.15, 0.2) is 0 Å². The number of carbonyl (C=O) groups excluding carboxylic acids is 1. The summed E-state index contributed by atoms with van der Waals surface area (Å²) >= 11 is 0. The van der Waals surface area contributed by atoms with Crippen LogP contribution in [0.1, 0.15) is 46.5 Å². The Kier molecular flexibility index (Phi) is 6.76. The van der Waals surface area contributed by atoms with E-state index in [2.05, 4.69) is 17.1 Å². The van der Waals surface area contributed by atoms with Gasteiger partial charge < -0.3 is 20.2 Å². The Labute approximate surface area is 123 Å². The maximum absolute atomic E-state index is 12.0. The van der Waals surface area contributed by atoms with Gasteiger partial charge in [-0.2, -0.15) is 0 Å². The van der Waals surface area contributed by atoms with Crippen molar-refractivity contribution in [3.05, 3.63) is 0 Å². The number of hydrogen-bond acceptors (Lipinski definition) is 3. The second-order valence-electron chi connectivity index (χ2n) is 6.59. The van der Waals surface area contributed by atoms with Crippen LogP contribution in [0.5, 0.6) is 0 Å². The van der Waals surface area contributed by atoms with Crippen LogP contribution < -0.4 is 5.32 Å². The van der Waals surface area contributed by atoms with E-state index in [1.807, 2.05) is 0 Å². The number of rotatable bonds is 6. The number of likely N-dealkylation sites (tertiary alicyclic amines) is 1. The molecule has 0 unspecified atom stereocenters. The van der Waals surface area contributed by atoms with Crippen molar-refractivity contribution in [2.45, 2.75) is 58.1 Å². The molecular formula is C15H31N3O2. The van der Waals surface area contributed by atoms with Crippen molar-refractivity contribution in [3.8, 4) is 0 Å². The number of nitrogens with zero attached hydrogens (tertiary/aromatic N) is 2. The van der Waals surface area contributed by atoms with Crippen LogP contribution in [0.4, 0.5) is 4.79 Å². The van der Waals surface area contributed by atoms with Crippen LogP contribution in [-0.4, -0.2) is 65.8 Å². The van der Waals surface area contributed by atoms with Crippen molar-refractivity contribution in [1.82, 2.24) is 15.1 Å². The van der Waals surface area contributed by atoms with Gasteiger partial charge in [0, 0.05) is 26.2 Å². The molecule has 1 aliphatic heterocycles. The fourth-order valence-corrected chi connectivity index (χ4v) is 2.62. The first kappa shape index (κ1) is 17.2. The van der Waals surface area contributed by atoms with Gasteiger partial charge in [0.05, 0.1) is 12.1 Å². The molecule has 0 atom stereocenters. The largest absolute Gasteiger partial charge is 0.389 e. The standard InChI is InChI=1S/C15H31N3O2/c1-5-6-9-18-10-7-13(8-11-18)16-14(19)17(4)12-15(2,3)20/h13,20H,5-12H2,1-4H3,(H,16,19). The molecule has 0 spiro atoms. The van der Waals surface area contributed by atoms with Crippen molar-refractivity contribution in [2.24, 2.45) is 0 Å². The predicted molar refractivity (Wildman–Crippen MR) is 81.8 cm³/mol. The van der Waals surface area contributed by atoms with E-state index in [9.17, 15) is 9.90 Å². The number of aliphatic hydroxyl groups is 1. The molecule has 0 bridgehead atoms. The van der Waals surface area contributed by atoms with E-state index in [-0.39, 0.29) is 12.1 Å². The number of urea groups is 1. The normalized spacial score (nSPS) is 18.1. The zero-order valence-corrected chi connectivity index (χ0v) is 13.5. The SMILES string of the molecule is CCCCN1CCC(NC(=O)N(C)CC(C)(C)O)CC1. The molecule has 1 saturated heterocycles. The highest BCUT2D eigenvalue weighted by Gasteiger charge is 2.23. The van der Waals surface area contributed by atoms with Gasteiger partial charge >= 0.3 is 6.03 Å². The molecule has 0 saturated carbocycles. The van der Waals surface area contributed by atoms with Gasteiger partial charge in [-0.1, -0.05) is 13.3 Å². The Balaban J connectivity index is 2.27. The smallest absolute Gasteiger partial charge is 0.317 e. The van der Waals surface area contributed by atoms with E-state index in [0.717, 1.165) is 25.9 Å². The van der Waals surface area contributed by atoms with Gasteiger partial charge in [0.1, 0.15) is 0 Å². The maximum atomic E-state index is 12.0. The van der Waals surface area contributed by atoms with E-state index < -0.39 is 5.60 Å². The zero-order chi connectivity index (χ0) is 15.2. The molecule has 0 aliphatic carbocycles. The minimum atomic E-state index is -0.852. The Morgan fingerprint density at radius 1 is 1.40 bits per heavy atom. The monoisotopic (exact) mass is 285 g/mol. The minimum absolute atomic E-state index is 0.0841. The fraction of sp³-hybridized carbons (Fsp3) is 0.933. The second-order valence-corrected chi connectivity index (χ2v) is 6.59. The number of piperidine rings is 1. The number of unbranched alkanes of at least 4 members (excludes halogenated alkanes) is 1. The lowest BCUT2D eigenvalue weighted by Gasteiger charge is -2.34. The molecule has 2 amide bonds. The fourth-order valence-electron chi connectivity index (χ4n) is 2.62. The molecule has 1 fully saturated rings. The lowest BCUT2D eigenvalue weighted by molar-refractivity contribution is 0.0522. The number of amides is 2. The predicted octanol–water partition coefficient (Wildman–Crippen LogP) is 1.66. The lowest BCUT2D eigenvalue weighted by atomic mass is 10.0. The highest BCUT2D eigenvalue weighted by atomic mass is 16.3. The van der Waals surface area contributed by atoms with Crippen molar-refractivity contribution >= 4 is 6.03 Å². The van der Waals surface area contributed by atoms with Gasteiger partial charge in [0.15, 0.2) is 0 Å². The Morgan fingerprint density at radius 3 is 2.50 bits per heavy atom. The summed E-state index contributed by atoms with van der Waals surface area (Å²) < 4.78 is 0. The van der Waals surface area contributed by atoms with Crippen molar-refractivity contribution in [1.29, 1.82) is 0 Å². The van der Waals surface area contributed by atoms with Gasteiger partial charge in [-0.25, -0.2) is 4.79 Å². The third-order valence-corrected chi connectivity index (χ3v) is 3.71. The summed E-state index contributed by atoms with van der Waals surface area (Å²) in [5.41, 5.74) is -0.852. The van der Waals surface area contributed by atoms with Crippen LogP contribution in [0.25, 0.3) is 0 Å². The molecule has 2 N–H and O–H groups in total. The molecule has 0 aromatic rings. The van der Waals surface area contributed by atoms with E-state index >= 15 is 0 Å². The quantitative estimate of drug-likeness (QED) is 0.780. The second kappa shape index (κ2) is 7.84. The van der Waals surface area contributed by atoms with E-state index in [4.69, 9.17) is 0 Å². The van der Waals surface area contributed by atoms with Crippen LogP contribution in [0.3, 0.4) is 0 Å². The number of carbonyl (C=O) groups is 1. The molecule has 20 heavy (non-hydrogen) atoms. The number of nitrogens with one attached hydrogen (secondary N) is 1. The van der Waals surface area contributed by atoms with Crippen LogP contribution in [0, 0.1) is 0 Å². The van der Waals surface area contributed by atoms with Gasteiger partial charge in [-0.3, -0.25) is 0 Å². The van der Waals surface area contributed by atoms with Gasteiger partial charge in [0.25, 0.3) is 0 Å². The molecule has 5 nitrogen and oxygen atoms in total. The Morgan fingerprint density at radius 2 is 2.00 bits per heavy atom. The average molecular weight is 285 g/mol. The Bertz CT molecular complexity index is 294. The van der Waals surface area contributed by atoms with E-state index in [1.165, 1.54) is 19.4 Å². The summed E-state index contributed by atoms with van der Waals surface area (Å²) in [5, 5.41) is 12.8. The van der Waals surface area contributed by atoms with Crippen molar-refractivity contribution in [2.75, 3.05) is 33.2 Å². The van der Waals surface area contributed by atoms with Gasteiger partial charge in [0.2, 0.25) is 0 Å². The van der Waals surface area contributed by atoms with Crippen molar-refractivity contribution in [3.63, 3.8) is 0 Å². The summed E-state index contributed by atoms with van der Waals surface area (Å²) in [6, 6.07) is 0.184. The molecule has 1 aliphatic rings. The topological polar surface area (TPSA) is 55.8 Å². The van der Waals surface area contributed by atoms with Gasteiger partial charge in [-0.15, -0.1) is 0 Å². The lowest BCUT2D eigenvalue weighted by Crippen LogP contribution is -2.50. The molecule has 0 radical (unpaired) electrons. The molecule has 5 heteroatoms. The molecule has 118 valence electrons. The zero-order valence-electron chi connectivity index (χ0n) is 13.5. The van der Waals surface area contributed by atoms with Crippen LogP contribution >= 0.6 is 0 Å². The molecule has 0 aromatic heterocycles. The summed E-state index contributed by atoms with van der Waals surface area (Å²) in [6.07, 6.45) is 4.53. The number of likely N-dealkylation sites (N-methyl/N-ethyl adjacent to an activating group) is 1. The van der Waals surface area contributed by atoms with E-state index in [0.29, 0.717) is 6.54 Å². The molecular weight excluding hydrogens is 254 g/mol. The summed E-state index contributed by atoms with van der Waals surface area (Å²) in [4.78, 5) is 16.1. The third-order valence-electron chi connectivity index (χ3n) is 3.71. The average Bonchev–Trinajstić information content (AvgIpc) is 2.36. The van der Waals surface area contributed by atoms with Crippen molar-refractivity contribution < 1.29 is 9.90 Å².